The van der Waals surface area contributed by atoms with Crippen molar-refractivity contribution in [2.75, 3.05) is 20.3 Å². The summed E-state index contributed by atoms with van der Waals surface area (Å²) in [4.78, 5) is 0. The van der Waals surface area contributed by atoms with Crippen LogP contribution >= 0.6 is 0 Å². The summed E-state index contributed by atoms with van der Waals surface area (Å²) in [6.45, 7) is 1.89. The Labute approximate surface area is 95.8 Å². The number of hydrogen-bond acceptors (Lipinski definition) is 3. The zero-order chi connectivity index (χ0) is 11.0. The van der Waals surface area contributed by atoms with Crippen LogP contribution in [0.3, 0.4) is 0 Å². The standard InChI is InChI=1S/C13H17NO2/c1-15-11-4-2-5-12-10(11)8-13(9-16-12)6-3-7-14-13/h2,4-5,14H,3,6-9H2,1H3/t13-/m1/s1. The Morgan fingerprint density at radius 2 is 2.38 bits per heavy atom. The molecular formula is C13H17NO2. The lowest BCUT2D eigenvalue weighted by Gasteiger charge is -2.35. The third kappa shape index (κ3) is 1.47. The largest absolute Gasteiger partial charge is 0.496 e. The number of nitrogens with one attached hydrogen (secondary N) is 1. The van der Waals surface area contributed by atoms with Crippen molar-refractivity contribution in [2.45, 2.75) is 24.8 Å². The molecule has 3 rings (SSSR count). The first-order valence-electron chi connectivity index (χ1n) is 5.87. The Balaban J connectivity index is 1.97. The maximum Gasteiger partial charge on any atom is 0.126 e. The Morgan fingerprint density at radius 1 is 1.44 bits per heavy atom. The fourth-order valence-electron chi connectivity index (χ4n) is 2.79. The molecule has 86 valence electrons. The van der Waals surface area contributed by atoms with Gasteiger partial charge >= 0.3 is 0 Å². The summed E-state index contributed by atoms with van der Waals surface area (Å²) >= 11 is 0. The van der Waals surface area contributed by atoms with Crippen LogP contribution in [0, 0.1) is 0 Å². The number of ether oxygens (including phenoxy) is 2. The minimum absolute atomic E-state index is 0.154. The van der Waals surface area contributed by atoms with Crippen LogP contribution in [-0.2, 0) is 6.42 Å². The average Bonchev–Trinajstić information content (AvgIpc) is 2.77. The van der Waals surface area contributed by atoms with Crippen molar-refractivity contribution in [3.8, 4) is 11.5 Å². The van der Waals surface area contributed by atoms with Crippen LogP contribution in [0.25, 0.3) is 0 Å². The minimum Gasteiger partial charge on any atom is -0.496 e. The van der Waals surface area contributed by atoms with E-state index in [9.17, 15) is 0 Å². The van der Waals surface area contributed by atoms with Crippen molar-refractivity contribution < 1.29 is 9.47 Å². The monoisotopic (exact) mass is 219 g/mol. The SMILES string of the molecule is COc1cccc2c1C[C@]1(CCCN1)CO2. The van der Waals surface area contributed by atoms with Crippen molar-refractivity contribution in [3.63, 3.8) is 0 Å². The summed E-state index contributed by atoms with van der Waals surface area (Å²) in [5.74, 6) is 1.93. The van der Waals surface area contributed by atoms with Gasteiger partial charge in [-0.25, -0.2) is 0 Å². The summed E-state index contributed by atoms with van der Waals surface area (Å²) in [6, 6.07) is 6.02. The molecule has 0 aromatic heterocycles. The molecular weight excluding hydrogens is 202 g/mol. The molecule has 1 aromatic carbocycles. The maximum atomic E-state index is 5.86. The number of rotatable bonds is 1. The van der Waals surface area contributed by atoms with Crippen LogP contribution in [0.4, 0.5) is 0 Å². The van der Waals surface area contributed by atoms with Gasteiger partial charge in [0, 0.05) is 12.0 Å². The molecule has 0 radical (unpaired) electrons. The van der Waals surface area contributed by atoms with Crippen LogP contribution in [-0.4, -0.2) is 25.8 Å². The number of benzene rings is 1. The third-order valence-corrected chi connectivity index (χ3v) is 3.66. The summed E-state index contributed by atoms with van der Waals surface area (Å²) in [5.41, 5.74) is 1.37. The zero-order valence-electron chi connectivity index (χ0n) is 9.58. The first-order valence-corrected chi connectivity index (χ1v) is 5.87. The molecule has 1 fully saturated rings. The van der Waals surface area contributed by atoms with Gasteiger partial charge < -0.3 is 14.8 Å². The predicted molar refractivity (Wildman–Crippen MR) is 62.2 cm³/mol. The quantitative estimate of drug-likeness (QED) is 0.780. The molecule has 2 heterocycles. The van der Waals surface area contributed by atoms with Gasteiger partial charge in [-0.15, -0.1) is 0 Å². The van der Waals surface area contributed by atoms with Gasteiger partial charge in [-0.05, 0) is 31.5 Å². The lowest BCUT2D eigenvalue weighted by atomic mass is 9.87. The van der Waals surface area contributed by atoms with Crippen LogP contribution in [0.15, 0.2) is 18.2 Å². The summed E-state index contributed by atoms with van der Waals surface area (Å²) in [5, 5.41) is 3.58. The van der Waals surface area contributed by atoms with Crippen molar-refractivity contribution >= 4 is 0 Å². The molecule has 0 saturated carbocycles. The van der Waals surface area contributed by atoms with E-state index in [4.69, 9.17) is 9.47 Å². The van der Waals surface area contributed by atoms with E-state index >= 15 is 0 Å². The first kappa shape index (κ1) is 9.97. The smallest absolute Gasteiger partial charge is 0.126 e. The highest BCUT2D eigenvalue weighted by atomic mass is 16.5. The second kappa shape index (κ2) is 3.67. The van der Waals surface area contributed by atoms with E-state index in [-0.39, 0.29) is 5.54 Å². The zero-order valence-corrected chi connectivity index (χ0v) is 9.58. The number of fused-ring (bicyclic) bond motifs is 1. The molecule has 2 aliphatic rings. The molecule has 3 heteroatoms. The Morgan fingerprint density at radius 3 is 3.12 bits per heavy atom. The van der Waals surface area contributed by atoms with Gasteiger partial charge in [-0.2, -0.15) is 0 Å². The van der Waals surface area contributed by atoms with Crippen LogP contribution in [0.2, 0.25) is 0 Å². The lowest BCUT2D eigenvalue weighted by molar-refractivity contribution is 0.170. The molecule has 1 aromatic rings. The van der Waals surface area contributed by atoms with Gasteiger partial charge in [0.25, 0.3) is 0 Å². The van der Waals surface area contributed by atoms with Gasteiger partial charge in [0.05, 0.1) is 12.6 Å². The van der Waals surface area contributed by atoms with Crippen molar-refractivity contribution in [1.82, 2.24) is 5.32 Å². The normalized spacial score (nSPS) is 27.6. The van der Waals surface area contributed by atoms with Crippen LogP contribution < -0.4 is 14.8 Å². The molecule has 16 heavy (non-hydrogen) atoms. The van der Waals surface area contributed by atoms with E-state index in [1.54, 1.807) is 7.11 Å². The Kier molecular flexibility index (Phi) is 2.28. The highest BCUT2D eigenvalue weighted by molar-refractivity contribution is 5.47. The fraction of sp³-hybridized carbons (Fsp3) is 0.538. The molecule has 1 spiro atoms. The molecule has 1 saturated heterocycles. The molecule has 1 atom stereocenters. The molecule has 3 nitrogen and oxygen atoms in total. The lowest BCUT2D eigenvalue weighted by Crippen LogP contribution is -2.49. The van der Waals surface area contributed by atoms with Gasteiger partial charge in [-0.3, -0.25) is 0 Å². The van der Waals surface area contributed by atoms with Crippen molar-refractivity contribution in [1.29, 1.82) is 0 Å². The first-order chi connectivity index (χ1) is 7.83. The summed E-state index contributed by atoms with van der Waals surface area (Å²) in [7, 11) is 1.72. The van der Waals surface area contributed by atoms with E-state index in [0.717, 1.165) is 31.1 Å². The third-order valence-electron chi connectivity index (χ3n) is 3.66. The van der Waals surface area contributed by atoms with Gasteiger partial charge in [0.1, 0.15) is 18.1 Å². The molecule has 0 amide bonds. The van der Waals surface area contributed by atoms with E-state index < -0.39 is 0 Å². The Bertz CT molecular complexity index is 383. The van der Waals surface area contributed by atoms with Gasteiger partial charge in [-0.1, -0.05) is 6.07 Å². The molecule has 1 N–H and O–H groups in total. The second-order valence-corrected chi connectivity index (χ2v) is 4.71. The number of hydrogen-bond donors (Lipinski definition) is 1. The molecule has 0 unspecified atom stereocenters. The fourth-order valence-corrected chi connectivity index (χ4v) is 2.79. The second-order valence-electron chi connectivity index (χ2n) is 4.71. The Hall–Kier alpha value is -1.22. The molecule has 2 aliphatic heterocycles. The summed E-state index contributed by atoms with van der Waals surface area (Å²) in [6.07, 6.45) is 3.46. The van der Waals surface area contributed by atoms with Crippen LogP contribution in [0.1, 0.15) is 18.4 Å². The number of methoxy groups -OCH3 is 1. The van der Waals surface area contributed by atoms with Gasteiger partial charge in [0.15, 0.2) is 0 Å². The van der Waals surface area contributed by atoms with Crippen molar-refractivity contribution in [3.05, 3.63) is 23.8 Å². The van der Waals surface area contributed by atoms with Crippen LogP contribution in [0.5, 0.6) is 11.5 Å². The van der Waals surface area contributed by atoms with Gasteiger partial charge in [0.2, 0.25) is 0 Å². The highest BCUT2D eigenvalue weighted by Gasteiger charge is 2.39. The summed E-state index contributed by atoms with van der Waals surface area (Å²) < 4.78 is 11.3. The van der Waals surface area contributed by atoms with E-state index in [2.05, 4.69) is 5.32 Å². The highest BCUT2D eigenvalue weighted by Crippen LogP contribution is 2.38. The maximum absolute atomic E-state index is 5.86. The minimum atomic E-state index is 0.154. The predicted octanol–water partition coefficient (Wildman–Crippen LogP) is 1.75. The van der Waals surface area contributed by atoms with E-state index in [1.807, 2.05) is 18.2 Å². The van der Waals surface area contributed by atoms with E-state index in [0.29, 0.717) is 0 Å². The van der Waals surface area contributed by atoms with E-state index in [1.165, 1.54) is 18.4 Å². The average molecular weight is 219 g/mol. The molecule has 0 aliphatic carbocycles. The molecule has 0 bridgehead atoms. The van der Waals surface area contributed by atoms with Crippen molar-refractivity contribution in [2.24, 2.45) is 0 Å². The topological polar surface area (TPSA) is 30.5 Å².